The fourth-order valence-electron chi connectivity index (χ4n) is 4.92. The zero-order valence-electron chi connectivity index (χ0n) is 22.1. The van der Waals surface area contributed by atoms with E-state index < -0.39 is 103 Å². The first-order valence-corrected chi connectivity index (χ1v) is 13.0. The Morgan fingerprint density at radius 3 is 1.95 bits per heavy atom. The van der Waals surface area contributed by atoms with Crippen molar-refractivity contribution in [2.45, 2.75) is 61.4 Å². The maximum atomic E-state index is 13.7. The van der Waals surface area contributed by atoms with Crippen molar-refractivity contribution in [2.75, 3.05) is 13.2 Å². The van der Waals surface area contributed by atoms with Gasteiger partial charge in [-0.2, -0.15) is 0 Å². The Kier molecular flexibility index (Phi) is 8.77. The Hall–Kier alpha value is -3.55. The summed E-state index contributed by atoms with van der Waals surface area (Å²) >= 11 is 0. The molecule has 2 aliphatic heterocycles. The number of aromatic hydroxyl groups is 3. The highest BCUT2D eigenvalue weighted by Crippen LogP contribution is 2.38. The molecule has 10 atom stereocenters. The number of phenolic OH excluding ortho intramolecular Hbond substituents is 3. The van der Waals surface area contributed by atoms with Gasteiger partial charge in [0.1, 0.15) is 70.9 Å². The van der Waals surface area contributed by atoms with E-state index in [0.29, 0.717) is 0 Å². The molecule has 16 nitrogen and oxygen atoms in total. The van der Waals surface area contributed by atoms with Gasteiger partial charge in [0.2, 0.25) is 17.5 Å². The molecule has 5 rings (SSSR count). The molecule has 1 aromatic heterocycles. The van der Waals surface area contributed by atoms with Gasteiger partial charge in [0, 0.05) is 17.7 Å². The van der Waals surface area contributed by atoms with E-state index in [1.165, 1.54) is 24.3 Å². The number of benzene rings is 2. The standard InChI is InChI=1S/C27H30O16/c28-7-14-17(33)20(36)22(38)26(40-14)43-25-21(37)18(34)15(8-29)41-27(25)42-24-19(35)16-12(32)5-11(31)6-13(16)39-23(24)9-1-3-10(30)4-2-9/h1-6,14-15,17-18,20-22,25-34,36-38H,7-8H2/t14-,15+,17+,18+,20-,21-,22+,25+,26+,27-/m1/s1. The molecule has 0 aliphatic carbocycles. The fraction of sp³-hybridized carbons (Fsp3) is 0.444. The Bertz CT molecular complexity index is 1490. The van der Waals surface area contributed by atoms with Crippen LogP contribution in [0.5, 0.6) is 23.0 Å². The average Bonchev–Trinajstić information content (AvgIpc) is 2.97. The first-order chi connectivity index (χ1) is 20.4. The first-order valence-electron chi connectivity index (χ1n) is 13.0. The third-order valence-electron chi connectivity index (χ3n) is 7.25. The van der Waals surface area contributed by atoms with Gasteiger partial charge in [-0.15, -0.1) is 0 Å². The lowest BCUT2D eigenvalue weighted by Crippen LogP contribution is -2.65. The molecule has 10 N–H and O–H groups in total. The zero-order valence-corrected chi connectivity index (χ0v) is 22.1. The van der Waals surface area contributed by atoms with E-state index >= 15 is 0 Å². The van der Waals surface area contributed by atoms with Crippen molar-refractivity contribution in [3.63, 3.8) is 0 Å². The largest absolute Gasteiger partial charge is 0.508 e. The number of rotatable bonds is 7. The molecule has 0 saturated carbocycles. The molecule has 0 unspecified atom stereocenters. The summed E-state index contributed by atoms with van der Waals surface area (Å²) in [6.07, 6.45) is -17.7. The Labute approximate surface area is 241 Å². The van der Waals surface area contributed by atoms with E-state index in [4.69, 9.17) is 23.4 Å². The maximum Gasteiger partial charge on any atom is 0.239 e. The highest BCUT2D eigenvalue weighted by molar-refractivity contribution is 5.88. The van der Waals surface area contributed by atoms with Gasteiger partial charge >= 0.3 is 0 Å². The van der Waals surface area contributed by atoms with Crippen molar-refractivity contribution in [3.05, 3.63) is 46.6 Å². The summed E-state index contributed by atoms with van der Waals surface area (Å²) in [4.78, 5) is 13.7. The molecule has 43 heavy (non-hydrogen) atoms. The van der Waals surface area contributed by atoms with Crippen LogP contribution in [0.15, 0.2) is 45.6 Å². The summed E-state index contributed by atoms with van der Waals surface area (Å²) < 4.78 is 28.3. The summed E-state index contributed by atoms with van der Waals surface area (Å²) in [5.74, 6) is -2.15. The van der Waals surface area contributed by atoms with E-state index in [1.54, 1.807) is 0 Å². The summed E-state index contributed by atoms with van der Waals surface area (Å²) in [6, 6.07) is 7.20. The molecule has 2 aromatic carbocycles. The monoisotopic (exact) mass is 610 g/mol. The van der Waals surface area contributed by atoms with E-state index in [1.807, 2.05) is 0 Å². The minimum absolute atomic E-state index is 0.129. The quantitative estimate of drug-likeness (QED) is 0.133. The van der Waals surface area contributed by atoms with Crippen LogP contribution in [-0.4, -0.2) is 126 Å². The molecule has 0 amide bonds. The second kappa shape index (κ2) is 12.2. The van der Waals surface area contributed by atoms with Crippen LogP contribution in [0.2, 0.25) is 0 Å². The fourth-order valence-corrected chi connectivity index (χ4v) is 4.92. The highest BCUT2D eigenvalue weighted by atomic mass is 16.8. The van der Waals surface area contributed by atoms with Gasteiger partial charge in [0.05, 0.1) is 13.2 Å². The minimum atomic E-state index is -1.93. The van der Waals surface area contributed by atoms with Gasteiger partial charge in [-0.1, -0.05) is 0 Å². The number of hydrogen-bond acceptors (Lipinski definition) is 16. The van der Waals surface area contributed by atoms with Crippen LogP contribution in [0.1, 0.15) is 0 Å². The number of ether oxygens (including phenoxy) is 4. The summed E-state index contributed by atoms with van der Waals surface area (Å²) in [7, 11) is 0. The van der Waals surface area contributed by atoms with Gasteiger partial charge < -0.3 is 74.4 Å². The third kappa shape index (κ3) is 5.73. The first kappa shape index (κ1) is 30.9. The maximum absolute atomic E-state index is 13.7. The Morgan fingerprint density at radius 2 is 1.33 bits per heavy atom. The van der Waals surface area contributed by atoms with Crippen molar-refractivity contribution in [1.82, 2.24) is 0 Å². The molecule has 234 valence electrons. The normalized spacial score (nSPS) is 33.0. The van der Waals surface area contributed by atoms with Crippen LogP contribution in [0.25, 0.3) is 22.3 Å². The van der Waals surface area contributed by atoms with E-state index in [-0.39, 0.29) is 22.7 Å². The molecule has 16 heteroatoms. The topological polar surface area (TPSA) is 269 Å². The van der Waals surface area contributed by atoms with Crippen molar-refractivity contribution < 1.29 is 74.4 Å². The van der Waals surface area contributed by atoms with E-state index in [0.717, 1.165) is 12.1 Å². The molecule has 0 spiro atoms. The SMILES string of the molecule is O=c1c(O[C@H]2O[C@@H](CO)[C@H](O)[C@@H](O)[C@@H]2O[C@@H]2O[C@H](CO)[C@H](O)[C@@H](O)[C@@H]2O)c(-c2ccc(O)cc2)oc2cc(O)cc(O)c12. The molecule has 3 heterocycles. The van der Waals surface area contributed by atoms with Crippen molar-refractivity contribution in [2.24, 2.45) is 0 Å². The number of aliphatic hydroxyl groups is 7. The van der Waals surface area contributed by atoms with Crippen LogP contribution in [-0.2, 0) is 14.2 Å². The molecule has 2 saturated heterocycles. The summed E-state index contributed by atoms with van der Waals surface area (Å²) in [5, 5.41) is 101. The van der Waals surface area contributed by atoms with E-state index in [9.17, 15) is 55.9 Å². The summed E-state index contributed by atoms with van der Waals surface area (Å²) in [5.41, 5.74) is -1.07. The highest BCUT2D eigenvalue weighted by Gasteiger charge is 2.51. The van der Waals surface area contributed by atoms with Crippen molar-refractivity contribution >= 4 is 11.0 Å². The number of hydrogen-bond donors (Lipinski definition) is 10. The summed E-state index contributed by atoms with van der Waals surface area (Å²) in [6.45, 7) is -1.63. The second-order valence-corrected chi connectivity index (χ2v) is 10.1. The van der Waals surface area contributed by atoms with E-state index in [2.05, 4.69) is 0 Å². The lowest BCUT2D eigenvalue weighted by molar-refractivity contribution is -0.358. The minimum Gasteiger partial charge on any atom is -0.508 e. The molecule has 3 aromatic rings. The predicted octanol–water partition coefficient (Wildman–Crippen LogP) is -2.42. The Morgan fingerprint density at radius 1 is 0.721 bits per heavy atom. The average molecular weight is 611 g/mol. The molecule has 2 fully saturated rings. The van der Waals surface area contributed by atoms with Crippen LogP contribution >= 0.6 is 0 Å². The molecule has 0 radical (unpaired) electrons. The van der Waals surface area contributed by atoms with Gasteiger partial charge in [-0.3, -0.25) is 4.79 Å². The van der Waals surface area contributed by atoms with Gasteiger partial charge in [0.15, 0.2) is 18.2 Å². The number of aliphatic hydroxyl groups excluding tert-OH is 7. The van der Waals surface area contributed by atoms with Crippen LogP contribution in [0, 0.1) is 0 Å². The Balaban J connectivity index is 1.60. The molecule has 2 aliphatic rings. The lowest BCUT2D eigenvalue weighted by Gasteiger charge is -2.45. The molecule has 0 bridgehead atoms. The second-order valence-electron chi connectivity index (χ2n) is 10.1. The van der Waals surface area contributed by atoms with Crippen LogP contribution < -0.4 is 10.2 Å². The zero-order chi connectivity index (χ0) is 31.2. The van der Waals surface area contributed by atoms with Gasteiger partial charge in [-0.05, 0) is 24.3 Å². The number of phenols is 3. The molecular weight excluding hydrogens is 580 g/mol. The third-order valence-corrected chi connectivity index (χ3v) is 7.25. The number of fused-ring (bicyclic) bond motifs is 1. The molecular formula is C27H30O16. The van der Waals surface area contributed by atoms with Gasteiger partial charge in [-0.25, -0.2) is 0 Å². The van der Waals surface area contributed by atoms with Crippen LogP contribution in [0.4, 0.5) is 0 Å². The van der Waals surface area contributed by atoms with Crippen LogP contribution in [0.3, 0.4) is 0 Å². The smallest absolute Gasteiger partial charge is 0.239 e. The van der Waals surface area contributed by atoms with Gasteiger partial charge in [0.25, 0.3) is 0 Å². The van der Waals surface area contributed by atoms with Crippen molar-refractivity contribution in [3.8, 4) is 34.3 Å². The lowest BCUT2D eigenvalue weighted by atomic mass is 9.97. The van der Waals surface area contributed by atoms with Crippen molar-refractivity contribution in [1.29, 1.82) is 0 Å². The predicted molar refractivity (Wildman–Crippen MR) is 140 cm³/mol.